The first-order valence-corrected chi connectivity index (χ1v) is 10.4. The van der Waals surface area contributed by atoms with Gasteiger partial charge in [-0.1, -0.05) is 59.8 Å². The molecule has 146 valence electrons. The molecule has 0 atom stereocenters. The van der Waals surface area contributed by atoms with Crippen LogP contribution in [0.5, 0.6) is 0 Å². The van der Waals surface area contributed by atoms with E-state index >= 15 is 0 Å². The maximum absolute atomic E-state index is 5.99. The van der Waals surface area contributed by atoms with E-state index in [1.165, 1.54) is 11.8 Å². The van der Waals surface area contributed by atoms with Gasteiger partial charge in [0.2, 0.25) is 11.8 Å². The van der Waals surface area contributed by atoms with Crippen molar-refractivity contribution in [2.24, 2.45) is 0 Å². The number of hydrogen-bond acceptors (Lipinski definition) is 6. The molecule has 0 aliphatic carbocycles. The molecule has 0 amide bonds. The van der Waals surface area contributed by atoms with E-state index in [1.54, 1.807) is 0 Å². The van der Waals surface area contributed by atoms with Crippen LogP contribution in [0.2, 0.25) is 5.02 Å². The normalized spacial score (nSPS) is 10.9. The Bertz CT molecular complexity index is 1090. The lowest BCUT2D eigenvalue weighted by Crippen LogP contribution is -2.00. The average Bonchev–Trinajstić information content (AvgIpc) is 3.35. The summed E-state index contributed by atoms with van der Waals surface area (Å²) in [4.78, 5) is 0. The summed E-state index contributed by atoms with van der Waals surface area (Å²) in [5.41, 5.74) is 2.08. The number of aromatic nitrogens is 5. The number of benzene rings is 2. The molecule has 0 fully saturated rings. The van der Waals surface area contributed by atoms with Crippen LogP contribution in [0.15, 0.2) is 76.8 Å². The molecule has 2 aromatic carbocycles. The number of halogens is 1. The van der Waals surface area contributed by atoms with E-state index < -0.39 is 0 Å². The molecule has 0 radical (unpaired) electrons. The van der Waals surface area contributed by atoms with Gasteiger partial charge >= 0.3 is 0 Å². The van der Waals surface area contributed by atoms with Crippen LogP contribution in [0.1, 0.15) is 17.3 Å². The zero-order valence-corrected chi connectivity index (χ0v) is 17.1. The largest absolute Gasteiger partial charge is 0.424 e. The minimum absolute atomic E-state index is 0.512. The second-order valence-electron chi connectivity index (χ2n) is 6.25. The summed E-state index contributed by atoms with van der Waals surface area (Å²) in [6.07, 6.45) is 2.43. The van der Waals surface area contributed by atoms with Gasteiger partial charge in [0.05, 0.1) is 12.2 Å². The Balaban J connectivity index is 1.47. The first-order chi connectivity index (χ1) is 14.2. The molecule has 0 spiro atoms. The Morgan fingerprint density at radius 3 is 2.48 bits per heavy atom. The highest BCUT2D eigenvalue weighted by Gasteiger charge is 2.15. The van der Waals surface area contributed by atoms with Crippen LogP contribution in [-0.2, 0) is 18.7 Å². The molecule has 29 heavy (non-hydrogen) atoms. The third-order valence-corrected chi connectivity index (χ3v) is 5.37. The quantitative estimate of drug-likeness (QED) is 0.291. The number of allylic oxidation sites excluding steroid dienone is 1. The molecule has 2 heterocycles. The molecule has 0 aliphatic rings. The van der Waals surface area contributed by atoms with Gasteiger partial charge in [0.25, 0.3) is 0 Å². The van der Waals surface area contributed by atoms with Gasteiger partial charge in [-0.2, -0.15) is 0 Å². The molecular weight excluding hydrogens is 406 g/mol. The Kier molecular flexibility index (Phi) is 6.07. The van der Waals surface area contributed by atoms with Gasteiger partial charge in [-0.05, 0) is 29.8 Å². The van der Waals surface area contributed by atoms with E-state index in [-0.39, 0.29) is 0 Å². The Hall–Kier alpha value is -2.90. The third-order valence-electron chi connectivity index (χ3n) is 4.16. The zero-order chi connectivity index (χ0) is 20.1. The third kappa shape index (κ3) is 4.75. The Morgan fingerprint density at radius 1 is 0.966 bits per heavy atom. The van der Waals surface area contributed by atoms with Crippen LogP contribution in [0.4, 0.5) is 0 Å². The first-order valence-electron chi connectivity index (χ1n) is 9.01. The van der Waals surface area contributed by atoms with E-state index in [1.807, 2.05) is 65.2 Å². The van der Waals surface area contributed by atoms with Gasteiger partial charge < -0.3 is 4.42 Å². The van der Waals surface area contributed by atoms with Gasteiger partial charge in [0, 0.05) is 17.1 Å². The summed E-state index contributed by atoms with van der Waals surface area (Å²) in [6.45, 7) is 4.43. The van der Waals surface area contributed by atoms with Crippen molar-refractivity contribution in [3.63, 3.8) is 0 Å². The van der Waals surface area contributed by atoms with Crippen LogP contribution in [0.25, 0.3) is 11.4 Å². The van der Waals surface area contributed by atoms with Crippen LogP contribution in [0, 0.1) is 0 Å². The van der Waals surface area contributed by atoms with E-state index in [0.29, 0.717) is 35.5 Å². The molecule has 2 aromatic heterocycles. The molecule has 0 saturated heterocycles. The van der Waals surface area contributed by atoms with Crippen molar-refractivity contribution in [3.05, 3.63) is 89.6 Å². The van der Waals surface area contributed by atoms with Crippen LogP contribution in [0.3, 0.4) is 0 Å². The average molecular weight is 424 g/mol. The first kappa shape index (κ1) is 19.4. The minimum Gasteiger partial charge on any atom is -0.424 e. The predicted molar refractivity (Wildman–Crippen MR) is 114 cm³/mol. The van der Waals surface area contributed by atoms with Crippen molar-refractivity contribution < 1.29 is 4.42 Å². The lowest BCUT2D eigenvalue weighted by molar-refractivity contribution is 0.474. The fourth-order valence-corrected chi connectivity index (χ4v) is 3.73. The van der Waals surface area contributed by atoms with Crippen molar-refractivity contribution in [1.82, 2.24) is 25.0 Å². The molecule has 6 nitrogen and oxygen atoms in total. The molecule has 0 bridgehead atoms. The lowest BCUT2D eigenvalue weighted by Gasteiger charge is -2.07. The summed E-state index contributed by atoms with van der Waals surface area (Å²) in [7, 11) is 0. The van der Waals surface area contributed by atoms with E-state index in [2.05, 4.69) is 27.0 Å². The Morgan fingerprint density at radius 2 is 1.72 bits per heavy atom. The van der Waals surface area contributed by atoms with Gasteiger partial charge in [-0.25, -0.2) is 0 Å². The monoisotopic (exact) mass is 423 g/mol. The van der Waals surface area contributed by atoms with Crippen molar-refractivity contribution in [2.75, 3.05) is 0 Å². The molecule has 0 N–H and O–H groups in total. The maximum atomic E-state index is 5.99. The van der Waals surface area contributed by atoms with Crippen molar-refractivity contribution in [2.45, 2.75) is 23.9 Å². The van der Waals surface area contributed by atoms with Gasteiger partial charge in [0.1, 0.15) is 0 Å². The highest BCUT2D eigenvalue weighted by atomic mass is 35.5. The van der Waals surface area contributed by atoms with Crippen molar-refractivity contribution in [1.29, 1.82) is 0 Å². The minimum atomic E-state index is 0.512. The SMILES string of the molecule is C=CCn1c(SCc2nnc(Cc3ccccc3)o2)nnc1-c1ccc(Cl)cc1. The van der Waals surface area contributed by atoms with Crippen molar-refractivity contribution in [3.8, 4) is 11.4 Å². The molecule has 4 aromatic rings. The topological polar surface area (TPSA) is 69.6 Å². The summed E-state index contributed by atoms with van der Waals surface area (Å²) in [5, 5.41) is 18.4. The lowest BCUT2D eigenvalue weighted by atomic mass is 10.2. The standard InChI is InChI=1S/C21H18ClN5OS/c1-2-12-27-20(16-8-10-17(22)11-9-16)25-26-21(27)29-14-19-24-23-18(28-19)13-15-6-4-3-5-7-15/h2-11H,1,12-14H2. The van der Waals surface area contributed by atoms with Gasteiger partial charge in [-0.3, -0.25) is 4.57 Å². The van der Waals surface area contributed by atoms with Gasteiger partial charge in [0.15, 0.2) is 11.0 Å². The number of rotatable bonds is 8. The number of hydrogen-bond donors (Lipinski definition) is 0. The van der Waals surface area contributed by atoms with Crippen LogP contribution < -0.4 is 0 Å². The molecular formula is C21H18ClN5OS. The fraction of sp³-hybridized carbons (Fsp3) is 0.143. The molecule has 0 unspecified atom stereocenters. The fourth-order valence-electron chi connectivity index (χ4n) is 2.82. The van der Waals surface area contributed by atoms with Crippen molar-refractivity contribution >= 4 is 23.4 Å². The Labute approximate surface area is 177 Å². The van der Waals surface area contributed by atoms with Gasteiger partial charge in [-0.15, -0.1) is 27.0 Å². The molecule has 8 heteroatoms. The number of nitrogens with zero attached hydrogens (tertiary/aromatic N) is 5. The number of thioether (sulfide) groups is 1. The zero-order valence-electron chi connectivity index (χ0n) is 15.5. The van der Waals surface area contributed by atoms with Crippen LogP contribution in [-0.4, -0.2) is 25.0 Å². The van der Waals surface area contributed by atoms with E-state index in [9.17, 15) is 0 Å². The second kappa shape index (κ2) is 9.07. The van der Waals surface area contributed by atoms with E-state index in [4.69, 9.17) is 16.0 Å². The highest BCUT2D eigenvalue weighted by molar-refractivity contribution is 7.98. The predicted octanol–water partition coefficient (Wildman–Crippen LogP) is 5.05. The summed E-state index contributed by atoms with van der Waals surface area (Å²) in [5.74, 6) is 2.43. The summed E-state index contributed by atoms with van der Waals surface area (Å²) >= 11 is 7.49. The summed E-state index contributed by atoms with van der Waals surface area (Å²) in [6, 6.07) is 17.6. The van der Waals surface area contributed by atoms with Crippen LogP contribution >= 0.6 is 23.4 Å². The molecule has 0 aliphatic heterocycles. The second-order valence-corrected chi connectivity index (χ2v) is 7.63. The molecule has 0 saturated carbocycles. The molecule has 4 rings (SSSR count). The highest BCUT2D eigenvalue weighted by Crippen LogP contribution is 2.27. The van der Waals surface area contributed by atoms with E-state index in [0.717, 1.165) is 22.1 Å². The summed E-state index contributed by atoms with van der Waals surface area (Å²) < 4.78 is 7.78. The maximum Gasteiger partial charge on any atom is 0.226 e. The smallest absolute Gasteiger partial charge is 0.226 e.